The van der Waals surface area contributed by atoms with Crippen LogP contribution in [0.4, 0.5) is 0 Å². The van der Waals surface area contributed by atoms with E-state index < -0.39 is 15.7 Å². The number of thiophene rings is 1. The Bertz CT molecular complexity index is 684. The Balaban J connectivity index is 2.47. The third-order valence-corrected chi connectivity index (χ3v) is 4.57. The summed E-state index contributed by atoms with van der Waals surface area (Å²) in [7, 11) is -3.20. The van der Waals surface area contributed by atoms with Crippen molar-refractivity contribution in [3.63, 3.8) is 0 Å². The molecule has 0 radical (unpaired) electrons. The van der Waals surface area contributed by atoms with E-state index in [1.165, 1.54) is 23.5 Å². The zero-order valence-corrected chi connectivity index (χ0v) is 11.2. The molecular formula is C12H11NO3S2. The van der Waals surface area contributed by atoms with E-state index in [2.05, 4.69) is 0 Å². The first-order valence-electron chi connectivity index (χ1n) is 5.07. The minimum atomic E-state index is -3.20. The smallest absolute Gasteiger partial charge is 0.250 e. The van der Waals surface area contributed by atoms with Crippen molar-refractivity contribution in [2.24, 2.45) is 5.73 Å². The van der Waals surface area contributed by atoms with Crippen LogP contribution >= 0.6 is 11.3 Å². The molecule has 2 N–H and O–H groups in total. The zero-order chi connectivity index (χ0) is 13.3. The fourth-order valence-corrected chi connectivity index (χ4v) is 3.12. The summed E-state index contributed by atoms with van der Waals surface area (Å²) in [6.07, 6.45) is 1.15. The first-order chi connectivity index (χ1) is 8.39. The molecule has 0 saturated carbocycles. The summed E-state index contributed by atoms with van der Waals surface area (Å²) in [4.78, 5) is 12.2. The van der Waals surface area contributed by atoms with Gasteiger partial charge in [0.1, 0.15) is 0 Å². The molecule has 4 nitrogen and oxygen atoms in total. The van der Waals surface area contributed by atoms with Gasteiger partial charge in [-0.2, -0.15) is 0 Å². The van der Waals surface area contributed by atoms with Crippen LogP contribution in [0.5, 0.6) is 0 Å². The fraction of sp³-hybridized carbons (Fsp3) is 0.0833. The van der Waals surface area contributed by atoms with Crippen molar-refractivity contribution in [2.45, 2.75) is 4.90 Å². The van der Waals surface area contributed by atoms with Gasteiger partial charge in [0.2, 0.25) is 5.91 Å². The van der Waals surface area contributed by atoms with Crippen molar-refractivity contribution in [1.29, 1.82) is 0 Å². The van der Waals surface area contributed by atoms with Gasteiger partial charge in [0, 0.05) is 11.1 Å². The largest absolute Gasteiger partial charge is 0.366 e. The minimum Gasteiger partial charge on any atom is -0.366 e. The molecule has 0 bridgehead atoms. The predicted molar refractivity (Wildman–Crippen MR) is 71.4 cm³/mol. The van der Waals surface area contributed by atoms with Crippen LogP contribution in [0.1, 0.15) is 10.4 Å². The Morgan fingerprint density at radius 1 is 1.17 bits per heavy atom. The molecule has 0 aliphatic rings. The van der Waals surface area contributed by atoms with Crippen molar-refractivity contribution in [3.05, 3.63) is 41.3 Å². The van der Waals surface area contributed by atoms with Crippen LogP contribution in [0, 0.1) is 0 Å². The Hall–Kier alpha value is -1.66. The van der Waals surface area contributed by atoms with Gasteiger partial charge in [-0.15, -0.1) is 11.3 Å². The average molecular weight is 281 g/mol. The highest BCUT2D eigenvalue weighted by atomic mass is 32.2. The maximum absolute atomic E-state index is 11.3. The number of primary amides is 1. The Morgan fingerprint density at radius 2 is 1.78 bits per heavy atom. The van der Waals surface area contributed by atoms with Gasteiger partial charge < -0.3 is 5.73 Å². The lowest BCUT2D eigenvalue weighted by atomic mass is 10.1. The number of carbonyl (C=O) groups excluding carboxylic acids is 1. The van der Waals surface area contributed by atoms with Crippen molar-refractivity contribution < 1.29 is 13.2 Å². The molecule has 0 aliphatic carbocycles. The van der Waals surface area contributed by atoms with Crippen molar-refractivity contribution in [2.75, 3.05) is 6.26 Å². The molecule has 2 aromatic rings. The fourth-order valence-electron chi connectivity index (χ4n) is 1.58. The number of benzene rings is 1. The lowest BCUT2D eigenvalue weighted by molar-refractivity contribution is 0.100. The van der Waals surface area contributed by atoms with E-state index in [1.54, 1.807) is 23.6 Å². The first kappa shape index (κ1) is 12.8. The molecule has 18 heavy (non-hydrogen) atoms. The normalized spacial score (nSPS) is 11.4. The Labute approximate surface area is 109 Å². The van der Waals surface area contributed by atoms with Crippen LogP contribution in [0.15, 0.2) is 40.6 Å². The van der Waals surface area contributed by atoms with E-state index >= 15 is 0 Å². The van der Waals surface area contributed by atoms with E-state index in [-0.39, 0.29) is 4.90 Å². The first-order valence-corrected chi connectivity index (χ1v) is 7.84. The van der Waals surface area contributed by atoms with Gasteiger partial charge in [0.05, 0.1) is 10.5 Å². The molecule has 0 spiro atoms. The van der Waals surface area contributed by atoms with Gasteiger partial charge in [-0.25, -0.2) is 8.42 Å². The molecule has 0 fully saturated rings. The number of carbonyl (C=O) groups is 1. The highest BCUT2D eigenvalue weighted by Crippen LogP contribution is 2.30. The second kappa shape index (κ2) is 4.55. The number of sulfone groups is 1. The van der Waals surface area contributed by atoms with Crippen LogP contribution < -0.4 is 5.73 Å². The zero-order valence-electron chi connectivity index (χ0n) is 9.58. The van der Waals surface area contributed by atoms with Crippen LogP contribution in [0.2, 0.25) is 0 Å². The van der Waals surface area contributed by atoms with Gasteiger partial charge in [-0.1, -0.05) is 12.1 Å². The monoisotopic (exact) mass is 281 g/mol. The Kier molecular flexibility index (Phi) is 3.23. The SMILES string of the molecule is CS(=O)(=O)c1ccc(-c2sccc2C(N)=O)cc1. The maximum atomic E-state index is 11.3. The van der Waals surface area contributed by atoms with Crippen molar-refractivity contribution in [3.8, 4) is 10.4 Å². The maximum Gasteiger partial charge on any atom is 0.250 e. The van der Waals surface area contributed by atoms with Crippen LogP contribution in [-0.4, -0.2) is 20.6 Å². The van der Waals surface area contributed by atoms with Gasteiger partial charge in [-0.05, 0) is 29.1 Å². The number of hydrogen-bond donors (Lipinski definition) is 1. The molecule has 1 aromatic heterocycles. The third-order valence-electron chi connectivity index (χ3n) is 2.48. The van der Waals surface area contributed by atoms with E-state index in [9.17, 15) is 13.2 Å². The van der Waals surface area contributed by atoms with Gasteiger partial charge in [0.15, 0.2) is 9.84 Å². The summed E-state index contributed by atoms with van der Waals surface area (Å²) >= 11 is 1.39. The Morgan fingerprint density at radius 3 is 2.28 bits per heavy atom. The van der Waals surface area contributed by atoms with Crippen LogP contribution in [0.3, 0.4) is 0 Å². The summed E-state index contributed by atoms with van der Waals surface area (Å²) in [6.45, 7) is 0. The van der Waals surface area contributed by atoms with Gasteiger partial charge in [0.25, 0.3) is 0 Å². The third kappa shape index (κ3) is 2.44. The lowest BCUT2D eigenvalue weighted by Crippen LogP contribution is -2.10. The second-order valence-corrected chi connectivity index (χ2v) is 6.76. The summed E-state index contributed by atoms with van der Waals surface area (Å²) in [6, 6.07) is 8.06. The van der Waals surface area contributed by atoms with E-state index in [1.807, 2.05) is 0 Å². The number of hydrogen-bond acceptors (Lipinski definition) is 4. The summed E-state index contributed by atoms with van der Waals surface area (Å²) in [5.41, 5.74) is 6.50. The quantitative estimate of drug-likeness (QED) is 0.933. The molecule has 1 amide bonds. The molecule has 0 aliphatic heterocycles. The number of nitrogens with two attached hydrogens (primary N) is 1. The van der Waals surface area contributed by atoms with E-state index in [0.29, 0.717) is 5.56 Å². The molecule has 0 unspecified atom stereocenters. The summed E-state index contributed by atoms with van der Waals surface area (Å²) < 4.78 is 22.7. The molecule has 0 atom stereocenters. The molecule has 1 aromatic carbocycles. The van der Waals surface area contributed by atoms with Crippen LogP contribution in [0.25, 0.3) is 10.4 Å². The van der Waals surface area contributed by atoms with E-state index in [4.69, 9.17) is 5.73 Å². The molecule has 2 rings (SSSR count). The molecule has 1 heterocycles. The van der Waals surface area contributed by atoms with Crippen molar-refractivity contribution in [1.82, 2.24) is 0 Å². The summed E-state index contributed by atoms with van der Waals surface area (Å²) in [5.74, 6) is -0.488. The van der Waals surface area contributed by atoms with E-state index in [0.717, 1.165) is 16.7 Å². The van der Waals surface area contributed by atoms with Crippen molar-refractivity contribution >= 4 is 27.1 Å². The van der Waals surface area contributed by atoms with Crippen LogP contribution in [-0.2, 0) is 9.84 Å². The molecule has 6 heteroatoms. The number of amides is 1. The van der Waals surface area contributed by atoms with Gasteiger partial charge >= 0.3 is 0 Å². The topological polar surface area (TPSA) is 77.2 Å². The lowest BCUT2D eigenvalue weighted by Gasteiger charge is -2.02. The average Bonchev–Trinajstić information content (AvgIpc) is 2.77. The minimum absolute atomic E-state index is 0.253. The van der Waals surface area contributed by atoms with Gasteiger partial charge in [-0.3, -0.25) is 4.79 Å². The summed E-state index contributed by atoms with van der Waals surface area (Å²) in [5, 5.41) is 1.78. The molecule has 94 valence electrons. The predicted octanol–water partition coefficient (Wildman–Crippen LogP) is 1.92. The second-order valence-electron chi connectivity index (χ2n) is 3.82. The standard InChI is InChI=1S/C12H11NO3S2/c1-18(15,16)9-4-2-8(3-5-9)11-10(12(13)14)6-7-17-11/h2-7H,1H3,(H2,13,14). The molecule has 0 saturated heterocycles. The molecular weight excluding hydrogens is 270 g/mol. The highest BCUT2D eigenvalue weighted by Gasteiger charge is 2.12. The highest BCUT2D eigenvalue weighted by molar-refractivity contribution is 7.90. The number of rotatable bonds is 3.